The van der Waals surface area contributed by atoms with Crippen molar-refractivity contribution >= 4 is 11.9 Å². The van der Waals surface area contributed by atoms with E-state index in [-0.39, 0.29) is 28.6 Å². The number of esters is 1. The molecule has 5 aliphatic carbocycles. The monoisotopic (exact) mass is 810 g/mol. The number of hydrogen-bond donors (Lipinski definition) is 9. The van der Waals surface area contributed by atoms with Crippen LogP contribution in [0.25, 0.3) is 0 Å². The fraction of sp³-hybridized carbons (Fsp3) is 0.905. The second-order valence-electron chi connectivity index (χ2n) is 20.4. The van der Waals surface area contributed by atoms with Crippen molar-refractivity contribution in [2.75, 3.05) is 6.61 Å². The standard InChI is InChI=1S/C42H66O15/c1-19-10-15-42(36(52)57-34-29(48)26(45)25(44)21(18-43)54-34)17-16-39(5)20(32(42)41(19,7)53)8-9-23-38(4)13-12-24(37(2,3)22(38)11-14-40(23,39)6)55-35-30(49)27(46)28(47)31(56-35)33(50)51/h8,19,21-32,34-35,43-49,53H,9-18H2,1-7H3,(H,50,51)/t19-,21-,22?,23-,24+,25-,26+,27+,28+,29-,30-,31+,32-,34+,35-,38+,39-,40-,41-,42+/m1/s1. The summed E-state index contributed by atoms with van der Waals surface area (Å²) in [7, 11) is 0. The molecule has 6 fully saturated rings. The van der Waals surface area contributed by atoms with Gasteiger partial charge >= 0.3 is 11.9 Å². The highest BCUT2D eigenvalue weighted by molar-refractivity contribution is 5.79. The number of carboxylic acid groups (broad SMARTS) is 1. The second-order valence-corrected chi connectivity index (χ2v) is 20.4. The van der Waals surface area contributed by atoms with E-state index in [2.05, 4.69) is 40.7 Å². The number of carboxylic acids is 1. The molecule has 0 radical (unpaired) electrons. The summed E-state index contributed by atoms with van der Waals surface area (Å²) in [4.78, 5) is 26.4. The fourth-order valence-electron chi connectivity index (χ4n) is 13.8. The van der Waals surface area contributed by atoms with Crippen LogP contribution in [0.2, 0.25) is 0 Å². The predicted octanol–water partition coefficient (Wildman–Crippen LogP) is 1.38. The average molecular weight is 811 g/mol. The number of ether oxygens (including phenoxy) is 4. The highest BCUT2D eigenvalue weighted by atomic mass is 16.7. The summed E-state index contributed by atoms with van der Waals surface area (Å²) in [6, 6.07) is 0. The minimum absolute atomic E-state index is 0.143. The minimum atomic E-state index is -1.81. The lowest BCUT2D eigenvalue weighted by Crippen LogP contribution is -2.68. The highest BCUT2D eigenvalue weighted by Crippen LogP contribution is 2.76. The third-order valence-electron chi connectivity index (χ3n) is 17.6. The van der Waals surface area contributed by atoms with Crippen LogP contribution in [-0.4, -0.2) is 138 Å². The van der Waals surface area contributed by atoms with Gasteiger partial charge in [-0.1, -0.05) is 53.2 Å². The molecule has 57 heavy (non-hydrogen) atoms. The van der Waals surface area contributed by atoms with E-state index in [0.717, 1.165) is 24.8 Å². The smallest absolute Gasteiger partial charge is 0.335 e. The molecule has 2 saturated heterocycles. The molecule has 324 valence electrons. The molecule has 0 aromatic rings. The van der Waals surface area contributed by atoms with E-state index >= 15 is 0 Å². The Morgan fingerprint density at radius 1 is 0.772 bits per heavy atom. The average Bonchev–Trinajstić information content (AvgIpc) is 3.14. The van der Waals surface area contributed by atoms with Crippen LogP contribution in [0.3, 0.4) is 0 Å². The van der Waals surface area contributed by atoms with Crippen molar-refractivity contribution in [2.45, 2.75) is 179 Å². The number of rotatable bonds is 6. The molecule has 7 rings (SSSR count). The summed E-state index contributed by atoms with van der Waals surface area (Å²) >= 11 is 0. The third-order valence-corrected chi connectivity index (χ3v) is 17.6. The van der Waals surface area contributed by atoms with Gasteiger partial charge in [0.2, 0.25) is 6.29 Å². The number of aliphatic hydroxyl groups excluding tert-OH is 7. The molecule has 9 N–H and O–H groups in total. The van der Waals surface area contributed by atoms with E-state index in [1.807, 2.05) is 13.8 Å². The Morgan fingerprint density at radius 3 is 2.07 bits per heavy atom. The van der Waals surface area contributed by atoms with Gasteiger partial charge in [-0.15, -0.1) is 0 Å². The molecule has 2 heterocycles. The van der Waals surface area contributed by atoms with E-state index in [9.17, 15) is 55.5 Å². The zero-order valence-corrected chi connectivity index (χ0v) is 34.3. The number of allylic oxidation sites excluding steroid dienone is 1. The van der Waals surface area contributed by atoms with E-state index in [0.29, 0.717) is 38.5 Å². The SMILES string of the molecule is C[C@@H]1CC[C@]2(C(=O)O[C@@H]3O[C@H](CO)[C@@H](O)[C@H](O)[C@H]3O)CC[C@]3(C)C(=CC[C@@H]4[C@@]5(C)CC[C@H](O[C@@H]6O[C@H](C(=O)O)[C@@H](O)[C@H](O)[C@H]6O)C(C)(C)C5CC[C@]43C)[C@@H]2[C@]1(C)O. The first-order valence-corrected chi connectivity index (χ1v) is 21.0. The van der Waals surface area contributed by atoms with Crippen LogP contribution in [-0.2, 0) is 28.5 Å². The zero-order valence-electron chi connectivity index (χ0n) is 34.3. The summed E-state index contributed by atoms with van der Waals surface area (Å²) in [5.41, 5.74) is -2.69. The van der Waals surface area contributed by atoms with E-state index in [1.165, 1.54) is 0 Å². The van der Waals surface area contributed by atoms with Crippen molar-refractivity contribution in [1.29, 1.82) is 0 Å². The lowest BCUT2D eigenvalue weighted by molar-refractivity contribution is -0.324. The van der Waals surface area contributed by atoms with Crippen molar-refractivity contribution in [2.24, 2.45) is 50.7 Å². The highest BCUT2D eigenvalue weighted by Gasteiger charge is 2.72. The molecule has 0 spiro atoms. The summed E-state index contributed by atoms with van der Waals surface area (Å²) in [5, 5.41) is 95.0. The number of carbonyl (C=O) groups excluding carboxylic acids is 1. The number of aliphatic hydroxyl groups is 8. The van der Waals surface area contributed by atoms with Gasteiger partial charge in [0.1, 0.15) is 42.7 Å². The van der Waals surface area contributed by atoms with Gasteiger partial charge in [-0.2, -0.15) is 0 Å². The van der Waals surface area contributed by atoms with Crippen LogP contribution < -0.4 is 0 Å². The summed E-state index contributed by atoms with van der Waals surface area (Å²) in [6.45, 7) is 14.4. The molecule has 7 aliphatic rings. The number of fused-ring (bicyclic) bond motifs is 7. The molecule has 1 unspecified atom stereocenters. The maximum absolute atomic E-state index is 14.6. The van der Waals surface area contributed by atoms with Crippen LogP contribution in [0.1, 0.15) is 106 Å². The van der Waals surface area contributed by atoms with Gasteiger partial charge in [-0.05, 0) is 104 Å². The lowest BCUT2D eigenvalue weighted by Gasteiger charge is -2.72. The molecule has 2 aliphatic heterocycles. The first-order chi connectivity index (χ1) is 26.4. The molecule has 0 aromatic heterocycles. The second kappa shape index (κ2) is 14.4. The Bertz CT molecular complexity index is 1600. The molecule has 0 bridgehead atoms. The van der Waals surface area contributed by atoms with Crippen molar-refractivity contribution in [3.8, 4) is 0 Å². The van der Waals surface area contributed by atoms with Crippen molar-refractivity contribution < 1.29 is 74.5 Å². The van der Waals surface area contributed by atoms with E-state index in [4.69, 9.17) is 18.9 Å². The van der Waals surface area contributed by atoms with Crippen molar-refractivity contribution in [1.82, 2.24) is 0 Å². The largest absolute Gasteiger partial charge is 0.479 e. The quantitative estimate of drug-likeness (QED) is 0.104. The molecular formula is C42H66O15. The van der Waals surface area contributed by atoms with Crippen LogP contribution >= 0.6 is 0 Å². The Morgan fingerprint density at radius 2 is 1.42 bits per heavy atom. The minimum Gasteiger partial charge on any atom is -0.479 e. The first-order valence-electron chi connectivity index (χ1n) is 21.0. The van der Waals surface area contributed by atoms with Gasteiger partial charge in [0, 0.05) is 5.92 Å². The van der Waals surface area contributed by atoms with Gasteiger partial charge < -0.3 is 64.9 Å². The fourth-order valence-corrected chi connectivity index (χ4v) is 13.8. The van der Waals surface area contributed by atoms with E-state index in [1.54, 1.807) is 0 Å². The Labute approximate surface area is 334 Å². The molecule has 20 atom stereocenters. The first kappa shape index (κ1) is 43.3. The summed E-state index contributed by atoms with van der Waals surface area (Å²) < 4.78 is 23.4. The van der Waals surface area contributed by atoms with Crippen LogP contribution in [0, 0.1) is 50.7 Å². The van der Waals surface area contributed by atoms with Crippen LogP contribution in [0.5, 0.6) is 0 Å². The molecule has 0 aromatic carbocycles. The lowest BCUT2D eigenvalue weighted by atomic mass is 9.33. The Kier molecular flexibility index (Phi) is 11.0. The van der Waals surface area contributed by atoms with Gasteiger partial charge in [0.15, 0.2) is 12.4 Å². The van der Waals surface area contributed by atoms with Crippen LogP contribution in [0.15, 0.2) is 11.6 Å². The van der Waals surface area contributed by atoms with Gasteiger partial charge in [-0.25, -0.2) is 4.79 Å². The predicted molar refractivity (Wildman–Crippen MR) is 199 cm³/mol. The molecule has 15 heteroatoms. The zero-order chi connectivity index (χ0) is 42.0. The molecule has 0 amide bonds. The maximum Gasteiger partial charge on any atom is 0.335 e. The van der Waals surface area contributed by atoms with E-state index < -0.39 is 114 Å². The number of aliphatic carboxylic acids is 1. The van der Waals surface area contributed by atoms with Crippen molar-refractivity contribution in [3.63, 3.8) is 0 Å². The van der Waals surface area contributed by atoms with Gasteiger partial charge in [0.25, 0.3) is 0 Å². The van der Waals surface area contributed by atoms with Crippen LogP contribution in [0.4, 0.5) is 0 Å². The summed E-state index contributed by atoms with van der Waals surface area (Å²) in [5.74, 6) is -2.49. The number of carbonyl (C=O) groups is 2. The molecule has 4 saturated carbocycles. The molecular weight excluding hydrogens is 744 g/mol. The summed E-state index contributed by atoms with van der Waals surface area (Å²) in [6.07, 6.45) is -8.63. The number of hydrogen-bond acceptors (Lipinski definition) is 14. The Hall–Kier alpha value is -1.76. The Balaban J connectivity index is 1.18. The maximum atomic E-state index is 14.6. The van der Waals surface area contributed by atoms with Gasteiger partial charge in [0.05, 0.1) is 23.7 Å². The molecule has 15 nitrogen and oxygen atoms in total. The third kappa shape index (κ3) is 6.14. The van der Waals surface area contributed by atoms with Crippen molar-refractivity contribution in [3.05, 3.63) is 11.6 Å². The van der Waals surface area contributed by atoms with Gasteiger partial charge in [-0.3, -0.25) is 4.79 Å². The topological polar surface area (TPSA) is 253 Å². The normalized spacial score (nSPS) is 54.6.